The van der Waals surface area contributed by atoms with Crippen molar-refractivity contribution in [3.63, 3.8) is 0 Å². The molecule has 0 nitrogen and oxygen atoms in total. The van der Waals surface area contributed by atoms with E-state index in [4.69, 9.17) is 0 Å². The van der Waals surface area contributed by atoms with Crippen LogP contribution in [0.4, 0.5) is 0 Å². The summed E-state index contributed by atoms with van der Waals surface area (Å²) in [7, 11) is 0. The van der Waals surface area contributed by atoms with Gasteiger partial charge < -0.3 is 9.27 Å². The molecule has 0 heterocycles. The summed E-state index contributed by atoms with van der Waals surface area (Å²) >= 11 is 0. The van der Waals surface area contributed by atoms with E-state index in [0.29, 0.717) is 0 Å². The largest absolute Gasteiger partial charge is 4.00 e. The van der Waals surface area contributed by atoms with Crippen LogP contribution in [0.15, 0.2) is 42.5 Å². The van der Waals surface area contributed by atoms with Crippen molar-refractivity contribution >= 4 is 0 Å². The molecule has 0 saturated heterocycles. The van der Waals surface area contributed by atoms with Crippen LogP contribution in [0.3, 0.4) is 0 Å². The van der Waals surface area contributed by atoms with Crippen LogP contribution in [0.2, 0.25) is 0 Å². The summed E-state index contributed by atoms with van der Waals surface area (Å²) in [6, 6.07) is 0. The van der Waals surface area contributed by atoms with Gasteiger partial charge in [0.2, 0.25) is 0 Å². The fraction of sp³-hybridized carbons (Fsp3) is 0.357. The fourth-order valence-corrected chi connectivity index (χ4v) is 2.03. The van der Waals surface area contributed by atoms with Gasteiger partial charge in [-0.1, -0.05) is 24.6 Å². The zero-order valence-corrected chi connectivity index (χ0v) is 11.4. The van der Waals surface area contributed by atoms with Crippen LogP contribution in [0.1, 0.15) is 22.1 Å². The summed E-state index contributed by atoms with van der Waals surface area (Å²) < 4.78 is 0. The van der Waals surface area contributed by atoms with Crippen LogP contribution < -0.4 is 0 Å². The van der Waals surface area contributed by atoms with Gasteiger partial charge in [0.15, 0.2) is 0 Å². The van der Waals surface area contributed by atoms with Crippen molar-refractivity contribution in [2.45, 2.75) is 19.3 Å². The molecule has 0 bridgehead atoms. The first-order valence-corrected chi connectivity index (χ1v) is 5.37. The average molecular weight is 278 g/mol. The Hall–Kier alpha value is -0.157. The first-order chi connectivity index (χ1) is 6.97. The first kappa shape index (κ1) is 12.9. The van der Waals surface area contributed by atoms with Crippen molar-refractivity contribution in [2.75, 3.05) is 0 Å². The molecular formula is C14H18Zr. The van der Waals surface area contributed by atoms with E-state index in [-0.39, 0.29) is 29.1 Å². The topological polar surface area (TPSA) is 0 Å². The van der Waals surface area contributed by atoms with E-state index in [1.165, 1.54) is 12.8 Å². The van der Waals surface area contributed by atoms with Crippen molar-refractivity contribution in [1.29, 1.82) is 0 Å². The molecule has 0 aliphatic heterocycles. The van der Waals surface area contributed by atoms with Gasteiger partial charge in [0, 0.05) is 0 Å². The molecule has 15 heavy (non-hydrogen) atoms. The van der Waals surface area contributed by atoms with Gasteiger partial charge in [-0.3, -0.25) is 6.08 Å². The van der Waals surface area contributed by atoms with Crippen molar-refractivity contribution < 1.29 is 29.1 Å². The van der Waals surface area contributed by atoms with Crippen LogP contribution >= 0.6 is 0 Å². The monoisotopic (exact) mass is 276 g/mol. The third-order valence-corrected chi connectivity index (χ3v) is 2.82. The molecule has 3 aliphatic rings. The van der Waals surface area contributed by atoms with Gasteiger partial charge in [-0.2, -0.15) is 12.5 Å². The number of rotatable bonds is 0. The summed E-state index contributed by atoms with van der Waals surface area (Å²) in [6.07, 6.45) is 24.1. The molecule has 0 aromatic rings. The van der Waals surface area contributed by atoms with Gasteiger partial charge in [-0.15, -0.1) is 18.4 Å². The SMILES string of the molecule is C1=CC2[CH-]CCC2C=C1.[C-]1=CC=CC1.[H-].[H-].[Zr+4]. The minimum absolute atomic E-state index is 0. The molecule has 78 valence electrons. The molecule has 1 saturated carbocycles. The van der Waals surface area contributed by atoms with Gasteiger partial charge >= 0.3 is 26.2 Å². The molecule has 0 aromatic carbocycles. The Morgan fingerprint density at radius 3 is 2.67 bits per heavy atom. The van der Waals surface area contributed by atoms with Gasteiger partial charge in [-0.25, -0.2) is 12.2 Å². The van der Waals surface area contributed by atoms with Crippen LogP contribution in [-0.2, 0) is 26.2 Å². The van der Waals surface area contributed by atoms with E-state index >= 15 is 0 Å². The molecule has 3 aliphatic carbocycles. The Morgan fingerprint density at radius 1 is 1.20 bits per heavy atom. The van der Waals surface area contributed by atoms with Gasteiger partial charge in [0.05, 0.1) is 0 Å². The van der Waals surface area contributed by atoms with E-state index < -0.39 is 0 Å². The zero-order chi connectivity index (χ0) is 9.64. The van der Waals surface area contributed by atoms with Crippen molar-refractivity contribution in [3.05, 3.63) is 55.0 Å². The molecule has 1 heteroatoms. The Balaban J connectivity index is 0. The van der Waals surface area contributed by atoms with Crippen LogP contribution in [0.5, 0.6) is 0 Å². The Labute approximate surface area is 115 Å². The van der Waals surface area contributed by atoms with E-state index in [2.05, 4.69) is 42.9 Å². The van der Waals surface area contributed by atoms with Crippen molar-refractivity contribution in [3.8, 4) is 0 Å². The predicted molar refractivity (Wildman–Crippen MR) is 62.6 cm³/mol. The van der Waals surface area contributed by atoms with Gasteiger partial charge in [-0.05, 0) is 5.92 Å². The summed E-state index contributed by atoms with van der Waals surface area (Å²) in [5.41, 5.74) is 0. The Bertz CT molecular complexity index is 265. The number of hydrogen-bond acceptors (Lipinski definition) is 0. The second-order valence-corrected chi connectivity index (χ2v) is 3.83. The molecule has 1 fully saturated rings. The minimum Gasteiger partial charge on any atom is -1.00 e. The second kappa shape index (κ2) is 7.17. The van der Waals surface area contributed by atoms with E-state index in [1.54, 1.807) is 0 Å². The summed E-state index contributed by atoms with van der Waals surface area (Å²) in [5, 5.41) is 0. The fourth-order valence-electron chi connectivity index (χ4n) is 2.03. The van der Waals surface area contributed by atoms with Crippen LogP contribution in [0, 0.1) is 24.3 Å². The van der Waals surface area contributed by atoms with E-state index in [9.17, 15) is 0 Å². The van der Waals surface area contributed by atoms with Crippen LogP contribution in [0.25, 0.3) is 0 Å². The molecule has 0 spiro atoms. The Morgan fingerprint density at radius 2 is 2.07 bits per heavy atom. The summed E-state index contributed by atoms with van der Waals surface area (Å²) in [6.45, 7) is 0. The molecule has 2 unspecified atom stereocenters. The third-order valence-electron chi connectivity index (χ3n) is 2.82. The molecule has 0 amide bonds. The summed E-state index contributed by atoms with van der Waals surface area (Å²) in [4.78, 5) is 0. The minimum atomic E-state index is 0. The van der Waals surface area contributed by atoms with E-state index in [1.807, 2.05) is 12.2 Å². The maximum absolute atomic E-state index is 2.99. The Kier molecular flexibility index (Phi) is 6.17. The third kappa shape index (κ3) is 4.07. The first-order valence-electron chi connectivity index (χ1n) is 5.37. The smallest absolute Gasteiger partial charge is 1.00 e. The quantitative estimate of drug-likeness (QED) is 0.590. The van der Waals surface area contributed by atoms with Gasteiger partial charge in [0.1, 0.15) is 0 Å². The maximum atomic E-state index is 2.99. The van der Waals surface area contributed by atoms with Crippen molar-refractivity contribution in [1.82, 2.24) is 0 Å². The standard InChI is InChI=1S/C9H11.C5H5.Zr.2H/c1-2-5-9-7-3-6-8(9)4-1;1-2-4-5-3-1;;;/h1-2,4-6,8-9H,3,7H2;1-3H,4H2;;;/q2*-1;+4;2*-1. The predicted octanol–water partition coefficient (Wildman–Crippen LogP) is 3.87. The van der Waals surface area contributed by atoms with Crippen LogP contribution in [-0.4, -0.2) is 0 Å². The number of allylic oxidation sites excluding steroid dienone is 8. The van der Waals surface area contributed by atoms with Gasteiger partial charge in [0.25, 0.3) is 0 Å². The second-order valence-electron chi connectivity index (χ2n) is 3.83. The summed E-state index contributed by atoms with van der Waals surface area (Å²) in [5.74, 6) is 1.62. The average Bonchev–Trinajstić information content (AvgIpc) is 2.92. The zero-order valence-electron chi connectivity index (χ0n) is 10.9. The number of hydrogen-bond donors (Lipinski definition) is 0. The van der Waals surface area contributed by atoms with E-state index in [0.717, 1.165) is 18.3 Å². The number of fused-ring (bicyclic) bond motifs is 1. The normalized spacial score (nSPS) is 29.3. The maximum Gasteiger partial charge on any atom is 4.00 e. The molecule has 0 N–H and O–H groups in total. The molecule has 0 radical (unpaired) electrons. The molecule has 2 atom stereocenters. The molecule has 3 rings (SSSR count). The van der Waals surface area contributed by atoms with Crippen molar-refractivity contribution in [2.24, 2.45) is 11.8 Å². The molecular weight excluding hydrogens is 259 g/mol. The molecule has 0 aromatic heterocycles.